The Balaban J connectivity index is 1.44. The Morgan fingerprint density at radius 1 is 1.12 bits per heavy atom. The number of amidine groups is 1. The van der Waals surface area contributed by atoms with E-state index in [1.54, 1.807) is 0 Å². The fraction of sp³-hybridized carbons (Fsp3) is 0.273. The number of aromatic nitrogens is 2. The topological polar surface area (TPSA) is 136 Å². The van der Waals surface area contributed by atoms with Gasteiger partial charge in [0.15, 0.2) is 0 Å². The first-order valence-electron chi connectivity index (χ1n) is 10.6. The molecule has 0 saturated carbocycles. The average Bonchev–Trinajstić information content (AvgIpc) is 2.98. The van der Waals surface area contributed by atoms with E-state index in [-0.39, 0.29) is 16.5 Å². The number of benzene rings is 2. The predicted molar refractivity (Wildman–Crippen MR) is 122 cm³/mol. The molecule has 1 aliphatic heterocycles. The van der Waals surface area contributed by atoms with Crippen LogP contribution in [0.25, 0.3) is 11.5 Å². The van der Waals surface area contributed by atoms with Gasteiger partial charge in [-0.2, -0.15) is 4.68 Å². The number of anilines is 1. The van der Waals surface area contributed by atoms with E-state index >= 15 is 0 Å². The van der Waals surface area contributed by atoms with E-state index in [9.17, 15) is 22.4 Å². The Morgan fingerprint density at radius 3 is 2.71 bits per heavy atom. The maximum atomic E-state index is 13.1. The minimum Gasteiger partial charge on any atom is -0.388 e. The second-order valence-electron chi connectivity index (χ2n) is 7.66. The molecular weight excluding hydrogens is 465 g/mol. The van der Waals surface area contributed by atoms with E-state index in [1.165, 1.54) is 48.5 Å². The molecular formula is C22H22FN5O5S. The van der Waals surface area contributed by atoms with Gasteiger partial charge in [0, 0.05) is 24.2 Å². The van der Waals surface area contributed by atoms with Crippen molar-refractivity contribution in [2.24, 2.45) is 4.99 Å². The lowest BCUT2D eigenvalue weighted by atomic mass is 10.2. The van der Waals surface area contributed by atoms with E-state index in [4.69, 9.17) is 4.42 Å². The summed E-state index contributed by atoms with van der Waals surface area (Å²) in [7, 11) is -3.87. The summed E-state index contributed by atoms with van der Waals surface area (Å²) in [6.45, 7) is 0.119. The smallest absolute Gasteiger partial charge is 0.388 e. The first kappa shape index (κ1) is 23.4. The van der Waals surface area contributed by atoms with E-state index < -0.39 is 34.0 Å². The number of nitrogens with zero attached hydrogens (tertiary/aromatic N) is 3. The van der Waals surface area contributed by atoms with E-state index in [0.717, 1.165) is 23.9 Å². The molecule has 0 radical (unpaired) electrons. The number of carbonyl (C=O) groups is 1. The molecule has 0 bridgehead atoms. The maximum absolute atomic E-state index is 13.1. The van der Waals surface area contributed by atoms with Crippen LogP contribution in [0, 0.1) is 5.82 Å². The fourth-order valence-corrected chi connectivity index (χ4v) is 4.50. The van der Waals surface area contributed by atoms with Gasteiger partial charge in [-0.25, -0.2) is 17.6 Å². The van der Waals surface area contributed by atoms with Crippen molar-refractivity contribution in [3.63, 3.8) is 0 Å². The van der Waals surface area contributed by atoms with E-state index in [2.05, 4.69) is 20.1 Å². The zero-order valence-electron chi connectivity index (χ0n) is 18.0. The average molecular weight is 488 g/mol. The number of amides is 1. The molecule has 10 nitrogen and oxygen atoms in total. The highest BCUT2D eigenvalue weighted by atomic mass is 32.2. The van der Waals surface area contributed by atoms with Crippen LogP contribution in [0.5, 0.6) is 0 Å². The molecule has 4 rings (SSSR count). The number of halogens is 1. The van der Waals surface area contributed by atoms with Crippen LogP contribution in [0.15, 0.2) is 67.6 Å². The number of carbonyl (C=O) groups excluding carboxylic acids is 1. The molecule has 12 heteroatoms. The van der Waals surface area contributed by atoms with Crippen molar-refractivity contribution in [3.8, 4) is 11.5 Å². The summed E-state index contributed by atoms with van der Waals surface area (Å²) in [6, 6.07) is 10.9. The normalized spacial score (nSPS) is 14.2. The van der Waals surface area contributed by atoms with Crippen LogP contribution >= 0.6 is 0 Å². The summed E-state index contributed by atoms with van der Waals surface area (Å²) in [5.74, 6) is -1.56. The molecule has 0 atom stereocenters. The number of hydrogen-bond donors (Lipinski definition) is 2. The van der Waals surface area contributed by atoms with Crippen molar-refractivity contribution in [2.75, 3.05) is 11.9 Å². The predicted octanol–water partition coefficient (Wildman–Crippen LogP) is 2.53. The number of hydrogen-bond acceptors (Lipinski definition) is 7. The van der Waals surface area contributed by atoms with Crippen LogP contribution in [0.2, 0.25) is 0 Å². The molecule has 2 aromatic carbocycles. The number of rotatable bonds is 6. The molecule has 0 spiro atoms. The third-order valence-corrected chi connectivity index (χ3v) is 6.42. The van der Waals surface area contributed by atoms with Crippen LogP contribution in [0.3, 0.4) is 0 Å². The Kier molecular flexibility index (Phi) is 6.87. The fourth-order valence-electron chi connectivity index (χ4n) is 3.36. The van der Waals surface area contributed by atoms with Crippen molar-refractivity contribution in [1.29, 1.82) is 0 Å². The van der Waals surface area contributed by atoms with Gasteiger partial charge in [0.2, 0.25) is 11.8 Å². The molecule has 0 saturated heterocycles. The lowest BCUT2D eigenvalue weighted by Crippen LogP contribution is -2.30. The highest BCUT2D eigenvalue weighted by Gasteiger charge is 2.19. The lowest BCUT2D eigenvalue weighted by molar-refractivity contribution is -0.117. The SMILES string of the molecule is O=C(Cn1nc(-c2ccc(F)cc2)oc1=O)Nc1cccc(S(=O)(=O)NC2=NCCCCC2)c1. The third kappa shape index (κ3) is 5.76. The van der Waals surface area contributed by atoms with E-state index in [0.29, 0.717) is 24.4 Å². The maximum Gasteiger partial charge on any atom is 0.437 e. The Hall–Kier alpha value is -3.80. The standard InChI is InChI=1S/C22H22FN5O5S/c23-16-10-8-15(9-11-16)21-26-28(22(30)33-21)14-20(29)25-17-5-4-6-18(13-17)34(31,32)27-19-7-2-1-3-12-24-19/h4-6,8-11,13H,1-3,7,12,14H2,(H,24,27)(H,25,29). The number of aliphatic imine (C=N–C) groups is 1. The van der Waals surface area contributed by atoms with Gasteiger partial charge in [0.1, 0.15) is 18.2 Å². The molecule has 0 aliphatic carbocycles. The lowest BCUT2D eigenvalue weighted by Gasteiger charge is -2.11. The summed E-state index contributed by atoms with van der Waals surface area (Å²) in [5, 5.41) is 6.50. The van der Waals surface area contributed by atoms with Gasteiger partial charge < -0.3 is 9.73 Å². The summed E-state index contributed by atoms with van der Waals surface area (Å²) in [6.07, 6.45) is 3.34. The van der Waals surface area contributed by atoms with Crippen LogP contribution in [0.4, 0.5) is 10.1 Å². The Morgan fingerprint density at radius 2 is 1.91 bits per heavy atom. The van der Waals surface area contributed by atoms with Gasteiger partial charge in [-0.15, -0.1) is 5.10 Å². The third-order valence-electron chi connectivity index (χ3n) is 5.05. The van der Waals surface area contributed by atoms with Gasteiger partial charge >= 0.3 is 5.76 Å². The van der Waals surface area contributed by atoms with Gasteiger partial charge in [0.25, 0.3) is 10.0 Å². The van der Waals surface area contributed by atoms with Gasteiger partial charge in [-0.1, -0.05) is 12.5 Å². The van der Waals surface area contributed by atoms with Crippen LogP contribution in [-0.2, 0) is 21.4 Å². The first-order chi connectivity index (χ1) is 16.3. The monoisotopic (exact) mass is 487 g/mol. The molecule has 2 N–H and O–H groups in total. The molecule has 1 aromatic heterocycles. The minimum absolute atomic E-state index is 0.0329. The number of nitrogens with one attached hydrogen (secondary N) is 2. The van der Waals surface area contributed by atoms with Gasteiger partial charge in [-0.3, -0.25) is 14.5 Å². The zero-order chi connectivity index (χ0) is 24.1. The van der Waals surface area contributed by atoms with Crippen molar-refractivity contribution >= 4 is 27.5 Å². The summed E-state index contributed by atoms with van der Waals surface area (Å²) < 4.78 is 47.0. The Labute approximate surface area is 194 Å². The van der Waals surface area contributed by atoms with Crippen LogP contribution in [-0.4, -0.2) is 36.5 Å². The van der Waals surface area contributed by atoms with Crippen LogP contribution < -0.4 is 15.8 Å². The van der Waals surface area contributed by atoms with Crippen molar-refractivity contribution in [2.45, 2.75) is 37.1 Å². The largest absolute Gasteiger partial charge is 0.437 e. The highest BCUT2D eigenvalue weighted by Crippen LogP contribution is 2.18. The molecule has 0 fully saturated rings. The number of sulfonamides is 1. The molecule has 178 valence electrons. The minimum atomic E-state index is -3.87. The van der Waals surface area contributed by atoms with Gasteiger partial charge in [0.05, 0.1) is 4.90 Å². The second-order valence-corrected chi connectivity index (χ2v) is 9.34. The molecule has 2 heterocycles. The highest BCUT2D eigenvalue weighted by molar-refractivity contribution is 7.90. The summed E-state index contributed by atoms with van der Waals surface area (Å²) in [4.78, 5) is 28.7. The van der Waals surface area contributed by atoms with Gasteiger partial charge in [-0.05, 0) is 55.3 Å². The summed E-state index contributed by atoms with van der Waals surface area (Å²) in [5.41, 5.74) is 0.604. The molecule has 0 unspecified atom stereocenters. The van der Waals surface area contributed by atoms with Crippen molar-refractivity contribution in [3.05, 3.63) is 64.9 Å². The van der Waals surface area contributed by atoms with E-state index in [1.807, 2.05) is 0 Å². The summed E-state index contributed by atoms with van der Waals surface area (Å²) >= 11 is 0. The molecule has 1 aliphatic rings. The van der Waals surface area contributed by atoms with Crippen molar-refractivity contribution in [1.82, 2.24) is 14.5 Å². The molecule has 34 heavy (non-hydrogen) atoms. The molecule has 3 aromatic rings. The second kappa shape index (κ2) is 10.00. The van der Waals surface area contributed by atoms with Crippen LogP contribution in [0.1, 0.15) is 25.7 Å². The quantitative estimate of drug-likeness (QED) is 0.548. The zero-order valence-corrected chi connectivity index (χ0v) is 18.8. The molecule has 1 amide bonds. The van der Waals surface area contributed by atoms with Crippen molar-refractivity contribution < 1.29 is 22.0 Å². The Bertz CT molecular complexity index is 1380. The first-order valence-corrected chi connectivity index (χ1v) is 12.1.